The van der Waals surface area contributed by atoms with Gasteiger partial charge < -0.3 is 9.64 Å². The second-order valence-electron chi connectivity index (χ2n) is 5.01. The molecule has 0 aliphatic carbocycles. The molecule has 7 heteroatoms. The Hall–Kier alpha value is -1.24. The first kappa shape index (κ1) is 16.1. The SMILES string of the molecule is C[C@@H]1CCCN1C(=O)COc1cc(C(F)(F)F)ccc1Br. The number of ether oxygens (including phenoxy) is 1. The Balaban J connectivity index is 2.04. The molecule has 1 aliphatic heterocycles. The number of rotatable bonds is 3. The maximum atomic E-state index is 12.6. The van der Waals surface area contributed by atoms with Crippen LogP contribution in [0.2, 0.25) is 0 Å². The lowest BCUT2D eigenvalue weighted by molar-refractivity contribution is -0.137. The summed E-state index contributed by atoms with van der Waals surface area (Å²) in [5, 5.41) is 0. The normalized spacial score (nSPS) is 18.9. The van der Waals surface area contributed by atoms with Crippen LogP contribution in [-0.4, -0.2) is 30.0 Å². The van der Waals surface area contributed by atoms with E-state index in [1.54, 1.807) is 4.90 Å². The molecule has 1 amide bonds. The molecule has 0 radical (unpaired) electrons. The van der Waals surface area contributed by atoms with Crippen LogP contribution in [0, 0.1) is 0 Å². The minimum atomic E-state index is -4.44. The van der Waals surface area contributed by atoms with E-state index >= 15 is 0 Å². The van der Waals surface area contributed by atoms with Crippen LogP contribution in [0.25, 0.3) is 0 Å². The highest BCUT2D eigenvalue weighted by Crippen LogP contribution is 2.35. The summed E-state index contributed by atoms with van der Waals surface area (Å²) in [6.07, 6.45) is -2.55. The summed E-state index contributed by atoms with van der Waals surface area (Å²) >= 11 is 3.13. The highest BCUT2D eigenvalue weighted by atomic mass is 79.9. The summed E-state index contributed by atoms with van der Waals surface area (Å²) in [6.45, 7) is 2.36. The number of benzene rings is 1. The zero-order valence-electron chi connectivity index (χ0n) is 11.4. The van der Waals surface area contributed by atoms with E-state index in [-0.39, 0.29) is 24.3 Å². The van der Waals surface area contributed by atoms with Crippen molar-refractivity contribution < 1.29 is 22.7 Å². The molecular formula is C14H15BrF3NO2. The Morgan fingerprint density at radius 3 is 2.76 bits per heavy atom. The largest absolute Gasteiger partial charge is 0.483 e. The van der Waals surface area contributed by atoms with Gasteiger partial charge in [0.05, 0.1) is 10.0 Å². The second-order valence-corrected chi connectivity index (χ2v) is 5.86. The summed E-state index contributed by atoms with van der Waals surface area (Å²) < 4.78 is 43.6. The maximum Gasteiger partial charge on any atom is 0.416 e. The molecule has 1 aromatic carbocycles. The minimum absolute atomic E-state index is 0.0185. The predicted molar refractivity (Wildman–Crippen MR) is 75.0 cm³/mol. The van der Waals surface area contributed by atoms with E-state index in [1.807, 2.05) is 6.92 Å². The zero-order valence-corrected chi connectivity index (χ0v) is 13.0. The molecule has 0 aromatic heterocycles. The molecule has 0 spiro atoms. The first-order chi connectivity index (χ1) is 9.79. The topological polar surface area (TPSA) is 29.5 Å². The molecule has 0 bridgehead atoms. The fourth-order valence-electron chi connectivity index (χ4n) is 2.32. The second kappa shape index (κ2) is 6.25. The standard InChI is InChI=1S/C14H15BrF3NO2/c1-9-3-2-6-19(9)13(20)8-21-12-7-10(14(16,17)18)4-5-11(12)15/h4-5,7,9H,2-3,6,8H2,1H3/t9-/m1/s1. The van der Waals surface area contributed by atoms with Crippen molar-refractivity contribution in [3.8, 4) is 5.75 Å². The molecule has 0 unspecified atom stereocenters. The monoisotopic (exact) mass is 365 g/mol. The lowest BCUT2D eigenvalue weighted by atomic mass is 10.2. The molecule has 0 saturated carbocycles. The maximum absolute atomic E-state index is 12.6. The molecule has 0 N–H and O–H groups in total. The highest BCUT2D eigenvalue weighted by Gasteiger charge is 2.31. The predicted octanol–water partition coefficient (Wildman–Crippen LogP) is 3.86. The van der Waals surface area contributed by atoms with Crippen molar-refractivity contribution in [2.45, 2.75) is 32.0 Å². The third-order valence-corrected chi connectivity index (χ3v) is 4.14. The Kier molecular flexibility index (Phi) is 4.81. The van der Waals surface area contributed by atoms with Gasteiger partial charge in [-0.3, -0.25) is 4.79 Å². The van der Waals surface area contributed by atoms with Crippen LogP contribution < -0.4 is 4.74 Å². The van der Waals surface area contributed by atoms with Gasteiger partial charge >= 0.3 is 6.18 Å². The number of amides is 1. The number of carbonyl (C=O) groups excluding carboxylic acids is 1. The van der Waals surface area contributed by atoms with Crippen molar-refractivity contribution in [2.24, 2.45) is 0 Å². The molecule has 2 rings (SSSR count). The highest BCUT2D eigenvalue weighted by molar-refractivity contribution is 9.10. The lowest BCUT2D eigenvalue weighted by Crippen LogP contribution is -2.37. The molecule has 1 saturated heterocycles. The molecule has 1 aromatic rings. The smallest absolute Gasteiger partial charge is 0.416 e. The number of hydrogen-bond donors (Lipinski definition) is 0. The zero-order chi connectivity index (χ0) is 15.6. The van der Waals surface area contributed by atoms with Crippen molar-refractivity contribution in [1.29, 1.82) is 0 Å². The first-order valence-corrected chi connectivity index (χ1v) is 7.37. The van der Waals surface area contributed by atoms with E-state index in [4.69, 9.17) is 4.74 Å². The molecular weight excluding hydrogens is 351 g/mol. The van der Waals surface area contributed by atoms with E-state index in [0.717, 1.165) is 25.0 Å². The molecule has 116 valence electrons. The Morgan fingerprint density at radius 1 is 1.48 bits per heavy atom. The van der Waals surface area contributed by atoms with Crippen molar-refractivity contribution in [1.82, 2.24) is 4.90 Å². The molecule has 1 atom stereocenters. The minimum Gasteiger partial charge on any atom is -0.483 e. The van der Waals surface area contributed by atoms with Gasteiger partial charge in [0.1, 0.15) is 5.75 Å². The van der Waals surface area contributed by atoms with Crippen LogP contribution in [0.3, 0.4) is 0 Å². The number of hydrogen-bond acceptors (Lipinski definition) is 2. The number of carbonyl (C=O) groups is 1. The third kappa shape index (κ3) is 3.90. The number of likely N-dealkylation sites (tertiary alicyclic amines) is 1. The summed E-state index contributed by atoms with van der Waals surface area (Å²) in [5.41, 5.74) is -0.803. The molecule has 3 nitrogen and oxygen atoms in total. The van der Waals surface area contributed by atoms with Crippen LogP contribution in [0.15, 0.2) is 22.7 Å². The van der Waals surface area contributed by atoms with E-state index in [1.165, 1.54) is 6.07 Å². The quantitative estimate of drug-likeness (QED) is 0.813. The summed E-state index contributed by atoms with van der Waals surface area (Å²) in [6, 6.07) is 3.28. The average molecular weight is 366 g/mol. The molecule has 1 aliphatic rings. The Bertz CT molecular complexity index is 533. The fraction of sp³-hybridized carbons (Fsp3) is 0.500. The van der Waals surface area contributed by atoms with Gasteiger partial charge in [0, 0.05) is 12.6 Å². The fourth-order valence-corrected chi connectivity index (χ4v) is 2.68. The number of halogens is 4. The van der Waals surface area contributed by atoms with Gasteiger partial charge in [-0.2, -0.15) is 13.2 Å². The van der Waals surface area contributed by atoms with E-state index in [0.29, 0.717) is 11.0 Å². The van der Waals surface area contributed by atoms with Gasteiger partial charge in [0.2, 0.25) is 0 Å². The summed E-state index contributed by atoms with van der Waals surface area (Å²) in [4.78, 5) is 13.7. The van der Waals surface area contributed by atoms with Crippen LogP contribution in [-0.2, 0) is 11.0 Å². The van der Waals surface area contributed by atoms with Crippen LogP contribution in [0.4, 0.5) is 13.2 Å². The van der Waals surface area contributed by atoms with E-state index in [2.05, 4.69) is 15.9 Å². The van der Waals surface area contributed by atoms with Crippen LogP contribution in [0.5, 0.6) is 5.75 Å². The average Bonchev–Trinajstić information content (AvgIpc) is 2.82. The van der Waals surface area contributed by atoms with Crippen LogP contribution >= 0.6 is 15.9 Å². The van der Waals surface area contributed by atoms with E-state index in [9.17, 15) is 18.0 Å². The van der Waals surface area contributed by atoms with E-state index < -0.39 is 11.7 Å². The molecule has 1 fully saturated rings. The number of alkyl halides is 3. The number of nitrogens with zero attached hydrogens (tertiary/aromatic N) is 1. The van der Waals surface area contributed by atoms with Crippen LogP contribution in [0.1, 0.15) is 25.3 Å². The summed E-state index contributed by atoms with van der Waals surface area (Å²) in [5.74, 6) is -0.186. The van der Waals surface area contributed by atoms with Gasteiger partial charge in [-0.15, -0.1) is 0 Å². The van der Waals surface area contributed by atoms with Gasteiger partial charge in [0.15, 0.2) is 6.61 Å². The van der Waals surface area contributed by atoms with Crippen molar-refractivity contribution in [2.75, 3.05) is 13.2 Å². The third-order valence-electron chi connectivity index (χ3n) is 3.48. The van der Waals surface area contributed by atoms with Crippen molar-refractivity contribution >= 4 is 21.8 Å². The van der Waals surface area contributed by atoms with Gasteiger partial charge in [-0.1, -0.05) is 0 Å². The molecule has 21 heavy (non-hydrogen) atoms. The first-order valence-electron chi connectivity index (χ1n) is 6.58. The van der Waals surface area contributed by atoms with Crippen molar-refractivity contribution in [3.63, 3.8) is 0 Å². The van der Waals surface area contributed by atoms with Gasteiger partial charge in [-0.05, 0) is 53.9 Å². The van der Waals surface area contributed by atoms with Gasteiger partial charge in [-0.25, -0.2) is 0 Å². The Labute approximate surface area is 129 Å². The Morgan fingerprint density at radius 2 is 2.19 bits per heavy atom. The van der Waals surface area contributed by atoms with Crippen molar-refractivity contribution in [3.05, 3.63) is 28.2 Å². The van der Waals surface area contributed by atoms with Gasteiger partial charge in [0.25, 0.3) is 5.91 Å². The summed E-state index contributed by atoms with van der Waals surface area (Å²) in [7, 11) is 0. The molecule has 1 heterocycles. The lowest BCUT2D eigenvalue weighted by Gasteiger charge is -2.21.